The Morgan fingerprint density at radius 1 is 1.46 bits per heavy atom. The van der Waals surface area contributed by atoms with Gasteiger partial charge < -0.3 is 5.11 Å². The molecule has 0 unspecified atom stereocenters. The molecule has 0 aliphatic heterocycles. The van der Waals surface area contributed by atoms with Gasteiger partial charge in [-0.25, -0.2) is 0 Å². The fraction of sp³-hybridized carbons (Fsp3) is 0.250. The third kappa shape index (κ3) is 1.77. The number of thioether (sulfide) groups is 1. The monoisotopic (exact) mass is 210 g/mol. The molecule has 1 aromatic heterocycles. The van der Waals surface area contributed by atoms with E-state index in [4.69, 9.17) is 10.5 Å². The highest BCUT2D eigenvalue weighted by molar-refractivity contribution is 8.01. The van der Waals surface area contributed by atoms with Crippen LogP contribution in [0.1, 0.15) is 17.4 Å². The van der Waals surface area contributed by atoms with Gasteiger partial charge in [-0.15, -0.1) is 23.1 Å². The summed E-state index contributed by atoms with van der Waals surface area (Å²) in [6, 6.07) is 3.74. The number of thiophene rings is 1. The summed E-state index contributed by atoms with van der Waals surface area (Å²) in [7, 11) is 0. The molecule has 0 fully saturated rings. The van der Waals surface area contributed by atoms with Crippen LogP contribution in [0, 0.1) is 22.7 Å². The van der Waals surface area contributed by atoms with Crippen LogP contribution in [0.15, 0.2) is 4.21 Å². The standard InChI is InChI=1S/C8H6N2OS2/c1-2-12-8-5(3-9)7(11)6(4-10)13-8/h11H,2H2,1H3. The molecule has 0 radical (unpaired) electrons. The van der Waals surface area contributed by atoms with Gasteiger partial charge in [0.05, 0.1) is 4.21 Å². The van der Waals surface area contributed by atoms with E-state index in [9.17, 15) is 5.11 Å². The quantitative estimate of drug-likeness (QED) is 0.760. The lowest BCUT2D eigenvalue weighted by atomic mass is 10.3. The van der Waals surface area contributed by atoms with Gasteiger partial charge in [-0.1, -0.05) is 6.92 Å². The van der Waals surface area contributed by atoms with E-state index in [0.717, 1.165) is 21.3 Å². The van der Waals surface area contributed by atoms with Gasteiger partial charge in [0.1, 0.15) is 22.6 Å². The van der Waals surface area contributed by atoms with Gasteiger partial charge in [-0.3, -0.25) is 0 Å². The molecule has 3 nitrogen and oxygen atoms in total. The number of hydrogen-bond donors (Lipinski definition) is 1. The number of nitriles is 2. The van der Waals surface area contributed by atoms with E-state index in [1.165, 1.54) is 11.8 Å². The maximum atomic E-state index is 9.39. The zero-order valence-electron chi connectivity index (χ0n) is 6.87. The number of aromatic hydroxyl groups is 1. The van der Waals surface area contributed by atoms with E-state index in [0.29, 0.717) is 0 Å². The summed E-state index contributed by atoms with van der Waals surface area (Å²) in [5.41, 5.74) is 0.230. The first-order valence-corrected chi connectivity index (χ1v) is 5.33. The largest absolute Gasteiger partial charge is 0.504 e. The van der Waals surface area contributed by atoms with Gasteiger partial charge in [-0.2, -0.15) is 10.5 Å². The summed E-state index contributed by atoms with van der Waals surface area (Å²) >= 11 is 2.63. The van der Waals surface area contributed by atoms with Crippen LogP contribution in [-0.2, 0) is 0 Å². The maximum Gasteiger partial charge on any atom is 0.163 e. The van der Waals surface area contributed by atoms with Crippen LogP contribution in [0.25, 0.3) is 0 Å². The van der Waals surface area contributed by atoms with Crippen molar-refractivity contribution in [2.45, 2.75) is 11.1 Å². The number of rotatable bonds is 2. The fourth-order valence-electron chi connectivity index (χ4n) is 0.809. The van der Waals surface area contributed by atoms with Crippen LogP contribution in [0.3, 0.4) is 0 Å². The van der Waals surface area contributed by atoms with Crippen molar-refractivity contribution in [2.24, 2.45) is 0 Å². The highest BCUT2D eigenvalue weighted by Gasteiger charge is 2.16. The molecule has 5 heteroatoms. The van der Waals surface area contributed by atoms with Gasteiger partial charge in [0, 0.05) is 0 Å². The highest BCUT2D eigenvalue weighted by atomic mass is 32.2. The first-order valence-electron chi connectivity index (χ1n) is 3.53. The Kier molecular flexibility index (Phi) is 3.18. The molecule has 13 heavy (non-hydrogen) atoms. The summed E-state index contributed by atoms with van der Waals surface area (Å²) in [6.07, 6.45) is 0. The first-order chi connectivity index (χ1) is 6.24. The summed E-state index contributed by atoms with van der Waals surface area (Å²) in [5, 5.41) is 26.7. The Hall–Kier alpha value is -1.17. The zero-order valence-corrected chi connectivity index (χ0v) is 8.50. The van der Waals surface area contributed by atoms with Gasteiger partial charge in [0.15, 0.2) is 5.75 Å². The van der Waals surface area contributed by atoms with Gasteiger partial charge in [-0.05, 0) is 5.75 Å². The molecule has 0 aliphatic rings. The molecule has 1 N–H and O–H groups in total. The minimum absolute atomic E-state index is 0.175. The normalized spacial score (nSPS) is 9.15. The van der Waals surface area contributed by atoms with Crippen LogP contribution in [0.2, 0.25) is 0 Å². The average Bonchev–Trinajstić information content (AvgIpc) is 2.43. The predicted molar refractivity (Wildman–Crippen MR) is 51.8 cm³/mol. The Morgan fingerprint density at radius 3 is 2.62 bits per heavy atom. The van der Waals surface area contributed by atoms with Crippen molar-refractivity contribution in [3.05, 3.63) is 10.4 Å². The molecule has 0 aliphatic carbocycles. The molecule has 1 rings (SSSR count). The molecular weight excluding hydrogens is 204 g/mol. The lowest BCUT2D eigenvalue weighted by Crippen LogP contribution is -1.73. The lowest BCUT2D eigenvalue weighted by Gasteiger charge is -1.91. The Balaban J connectivity index is 3.23. The topological polar surface area (TPSA) is 67.8 Å². The van der Waals surface area contributed by atoms with Crippen molar-refractivity contribution in [3.63, 3.8) is 0 Å². The number of hydrogen-bond acceptors (Lipinski definition) is 5. The average molecular weight is 210 g/mol. The third-order valence-corrected chi connectivity index (χ3v) is 3.58. The third-order valence-electron chi connectivity index (χ3n) is 1.34. The second-order valence-corrected chi connectivity index (χ2v) is 4.65. The van der Waals surface area contributed by atoms with Gasteiger partial charge in [0.2, 0.25) is 0 Å². The first kappa shape index (κ1) is 9.91. The summed E-state index contributed by atoms with van der Waals surface area (Å²) in [4.78, 5) is 0.215. The highest BCUT2D eigenvalue weighted by Crippen LogP contribution is 2.39. The minimum atomic E-state index is -0.175. The molecule has 0 saturated carbocycles. The van der Waals surface area contributed by atoms with Gasteiger partial charge in [0.25, 0.3) is 0 Å². The SMILES string of the molecule is CCSc1sc(C#N)c(O)c1C#N. The van der Waals surface area contributed by atoms with E-state index >= 15 is 0 Å². The van der Waals surface area contributed by atoms with Crippen LogP contribution in [0.4, 0.5) is 0 Å². The molecule has 0 saturated heterocycles. The summed E-state index contributed by atoms with van der Waals surface area (Å²) in [5.74, 6) is 0.644. The van der Waals surface area contributed by atoms with Crippen molar-refractivity contribution in [3.8, 4) is 17.9 Å². The fourth-order valence-corrected chi connectivity index (χ4v) is 2.87. The Bertz CT molecular complexity index is 398. The molecule has 66 valence electrons. The van der Waals surface area contributed by atoms with Crippen LogP contribution < -0.4 is 0 Å². The smallest absolute Gasteiger partial charge is 0.163 e. The molecule has 1 heterocycles. The predicted octanol–water partition coefficient (Wildman–Crippen LogP) is 2.31. The summed E-state index contributed by atoms with van der Waals surface area (Å²) < 4.78 is 0.721. The van der Waals surface area contributed by atoms with Crippen molar-refractivity contribution in [1.29, 1.82) is 10.5 Å². The van der Waals surface area contributed by atoms with E-state index in [2.05, 4.69) is 0 Å². The van der Waals surface area contributed by atoms with Crippen LogP contribution in [0.5, 0.6) is 5.75 Å². The second kappa shape index (κ2) is 4.18. The van der Waals surface area contributed by atoms with Crippen molar-refractivity contribution >= 4 is 23.1 Å². The van der Waals surface area contributed by atoms with Crippen molar-refractivity contribution in [1.82, 2.24) is 0 Å². The zero-order chi connectivity index (χ0) is 9.84. The minimum Gasteiger partial charge on any atom is -0.504 e. The Morgan fingerprint density at radius 2 is 2.15 bits per heavy atom. The molecule has 0 atom stereocenters. The molecule has 0 aromatic carbocycles. The van der Waals surface area contributed by atoms with Crippen molar-refractivity contribution < 1.29 is 5.11 Å². The Labute approximate surface area is 84.2 Å². The van der Waals surface area contributed by atoms with Crippen LogP contribution in [-0.4, -0.2) is 10.9 Å². The molecular formula is C8H6N2OS2. The van der Waals surface area contributed by atoms with E-state index in [-0.39, 0.29) is 16.2 Å². The van der Waals surface area contributed by atoms with E-state index in [1.54, 1.807) is 0 Å². The van der Waals surface area contributed by atoms with Crippen molar-refractivity contribution in [2.75, 3.05) is 5.75 Å². The summed E-state index contributed by atoms with van der Waals surface area (Å²) in [6.45, 7) is 1.95. The van der Waals surface area contributed by atoms with E-state index in [1.807, 2.05) is 19.1 Å². The second-order valence-electron chi connectivity index (χ2n) is 2.10. The molecule has 0 spiro atoms. The lowest BCUT2D eigenvalue weighted by molar-refractivity contribution is 0.474. The molecule has 0 bridgehead atoms. The molecule has 0 amide bonds. The van der Waals surface area contributed by atoms with Gasteiger partial charge >= 0.3 is 0 Å². The van der Waals surface area contributed by atoms with E-state index < -0.39 is 0 Å². The maximum absolute atomic E-state index is 9.39. The number of nitrogens with zero attached hydrogens (tertiary/aromatic N) is 2. The molecule has 1 aromatic rings. The van der Waals surface area contributed by atoms with Crippen LogP contribution >= 0.6 is 23.1 Å².